The van der Waals surface area contributed by atoms with Gasteiger partial charge in [0, 0.05) is 6.54 Å². The van der Waals surface area contributed by atoms with Gasteiger partial charge in [0.2, 0.25) is 0 Å². The van der Waals surface area contributed by atoms with E-state index in [1.807, 2.05) is 19.1 Å². The fourth-order valence-corrected chi connectivity index (χ4v) is 2.58. The predicted molar refractivity (Wildman–Crippen MR) is 77.8 cm³/mol. The molecule has 5 heteroatoms. The zero-order valence-electron chi connectivity index (χ0n) is 11.1. The number of hydrogen-bond donors (Lipinski definition) is 2. The monoisotopic (exact) mass is 329 g/mol. The Balaban J connectivity index is 1.89. The van der Waals surface area contributed by atoms with Crippen molar-refractivity contribution in [2.45, 2.75) is 32.4 Å². The van der Waals surface area contributed by atoms with Gasteiger partial charge in [-0.15, -0.1) is 0 Å². The number of halogens is 1. The Morgan fingerprint density at radius 1 is 1.37 bits per heavy atom. The van der Waals surface area contributed by atoms with Crippen molar-refractivity contribution < 1.29 is 14.6 Å². The maximum Gasteiger partial charge on any atom is 0.175 e. The SMILES string of the molecule is CCC(O)CCNCc1cc(Br)c2c(c1)OCCO2. The summed E-state index contributed by atoms with van der Waals surface area (Å²) in [6.45, 7) is 4.74. The molecule has 0 amide bonds. The highest BCUT2D eigenvalue weighted by Crippen LogP contribution is 2.38. The number of nitrogens with one attached hydrogen (secondary N) is 1. The van der Waals surface area contributed by atoms with Gasteiger partial charge in [0.15, 0.2) is 11.5 Å². The Morgan fingerprint density at radius 2 is 2.16 bits per heavy atom. The Bertz CT molecular complexity index is 425. The summed E-state index contributed by atoms with van der Waals surface area (Å²) in [5.74, 6) is 1.59. The Kier molecular flexibility index (Phi) is 5.48. The second-order valence-electron chi connectivity index (χ2n) is 4.63. The molecule has 0 spiro atoms. The van der Waals surface area contributed by atoms with Crippen molar-refractivity contribution in [3.63, 3.8) is 0 Å². The number of hydrogen-bond acceptors (Lipinski definition) is 4. The van der Waals surface area contributed by atoms with Crippen LogP contribution in [0.4, 0.5) is 0 Å². The summed E-state index contributed by atoms with van der Waals surface area (Å²) in [4.78, 5) is 0. The highest BCUT2D eigenvalue weighted by molar-refractivity contribution is 9.10. The zero-order chi connectivity index (χ0) is 13.7. The van der Waals surface area contributed by atoms with Crippen LogP contribution in [-0.4, -0.2) is 31.0 Å². The smallest absolute Gasteiger partial charge is 0.175 e. The summed E-state index contributed by atoms with van der Waals surface area (Å²) in [7, 11) is 0. The van der Waals surface area contributed by atoms with E-state index in [4.69, 9.17) is 9.47 Å². The molecule has 0 aliphatic carbocycles. The minimum atomic E-state index is -0.209. The van der Waals surface area contributed by atoms with Crippen LogP contribution in [-0.2, 0) is 6.54 Å². The molecule has 0 bridgehead atoms. The van der Waals surface area contributed by atoms with Crippen LogP contribution in [0.2, 0.25) is 0 Å². The fourth-order valence-electron chi connectivity index (χ4n) is 1.97. The second kappa shape index (κ2) is 7.12. The third kappa shape index (κ3) is 4.09. The number of fused-ring (bicyclic) bond motifs is 1. The first-order chi connectivity index (χ1) is 9.20. The molecule has 2 N–H and O–H groups in total. The largest absolute Gasteiger partial charge is 0.486 e. The quantitative estimate of drug-likeness (QED) is 0.787. The van der Waals surface area contributed by atoms with E-state index in [0.29, 0.717) is 13.2 Å². The van der Waals surface area contributed by atoms with Crippen LogP contribution in [0.1, 0.15) is 25.3 Å². The molecule has 1 aromatic carbocycles. The molecule has 2 rings (SSSR count). The van der Waals surface area contributed by atoms with Crippen molar-refractivity contribution in [3.05, 3.63) is 22.2 Å². The van der Waals surface area contributed by atoms with Gasteiger partial charge in [0.25, 0.3) is 0 Å². The van der Waals surface area contributed by atoms with Crippen LogP contribution < -0.4 is 14.8 Å². The molecule has 0 radical (unpaired) electrons. The lowest BCUT2D eigenvalue weighted by atomic mass is 10.1. The zero-order valence-corrected chi connectivity index (χ0v) is 12.7. The van der Waals surface area contributed by atoms with Crippen LogP contribution >= 0.6 is 15.9 Å². The molecular formula is C14H20BrNO3. The maximum atomic E-state index is 9.47. The number of benzene rings is 1. The van der Waals surface area contributed by atoms with Gasteiger partial charge in [-0.1, -0.05) is 6.92 Å². The standard InChI is InChI=1S/C14H20BrNO3/c1-2-11(17)3-4-16-9-10-7-12(15)14-13(8-10)18-5-6-19-14/h7-8,11,16-17H,2-6,9H2,1H3. The van der Waals surface area contributed by atoms with Crippen molar-refractivity contribution in [3.8, 4) is 11.5 Å². The molecule has 0 saturated heterocycles. The van der Waals surface area contributed by atoms with E-state index in [9.17, 15) is 5.11 Å². The van der Waals surface area contributed by atoms with Gasteiger partial charge in [-0.3, -0.25) is 0 Å². The Hall–Kier alpha value is -0.780. The number of rotatable bonds is 6. The molecule has 1 aromatic rings. The molecule has 19 heavy (non-hydrogen) atoms. The summed E-state index contributed by atoms with van der Waals surface area (Å²) in [6.07, 6.45) is 1.37. The normalized spacial score (nSPS) is 15.3. The predicted octanol–water partition coefficient (Wildman–Crippen LogP) is 2.47. The summed E-state index contributed by atoms with van der Waals surface area (Å²) in [6, 6.07) is 4.04. The molecule has 0 fully saturated rings. The average molecular weight is 330 g/mol. The molecule has 1 aliphatic rings. The molecule has 1 heterocycles. The number of ether oxygens (including phenoxy) is 2. The molecule has 1 aliphatic heterocycles. The van der Waals surface area contributed by atoms with E-state index in [1.54, 1.807) is 0 Å². The van der Waals surface area contributed by atoms with E-state index in [2.05, 4.69) is 21.2 Å². The molecule has 0 aromatic heterocycles. The minimum absolute atomic E-state index is 0.209. The van der Waals surface area contributed by atoms with E-state index >= 15 is 0 Å². The van der Waals surface area contributed by atoms with Gasteiger partial charge in [-0.25, -0.2) is 0 Å². The highest BCUT2D eigenvalue weighted by atomic mass is 79.9. The van der Waals surface area contributed by atoms with E-state index in [0.717, 1.165) is 47.5 Å². The molecule has 0 saturated carbocycles. The second-order valence-corrected chi connectivity index (χ2v) is 5.48. The summed E-state index contributed by atoms with van der Waals surface area (Å²) >= 11 is 3.50. The average Bonchev–Trinajstić information content (AvgIpc) is 2.43. The van der Waals surface area contributed by atoms with Gasteiger partial charge in [0.05, 0.1) is 10.6 Å². The minimum Gasteiger partial charge on any atom is -0.486 e. The van der Waals surface area contributed by atoms with Crippen molar-refractivity contribution in [1.29, 1.82) is 0 Å². The van der Waals surface area contributed by atoms with E-state index < -0.39 is 0 Å². The summed E-state index contributed by atoms with van der Waals surface area (Å²) < 4.78 is 12.1. The van der Waals surface area contributed by atoms with Crippen molar-refractivity contribution in [2.75, 3.05) is 19.8 Å². The van der Waals surface area contributed by atoms with Crippen LogP contribution in [0, 0.1) is 0 Å². The molecule has 1 atom stereocenters. The first-order valence-electron chi connectivity index (χ1n) is 6.67. The molecule has 106 valence electrons. The summed E-state index contributed by atoms with van der Waals surface area (Å²) in [5.41, 5.74) is 1.14. The van der Waals surface area contributed by atoms with Crippen molar-refractivity contribution in [1.82, 2.24) is 5.32 Å². The molecular weight excluding hydrogens is 310 g/mol. The first-order valence-corrected chi connectivity index (χ1v) is 7.46. The Labute approximate surface area is 122 Å². The lowest BCUT2D eigenvalue weighted by Crippen LogP contribution is -2.20. The molecule has 4 nitrogen and oxygen atoms in total. The maximum absolute atomic E-state index is 9.47. The van der Waals surface area contributed by atoms with Crippen molar-refractivity contribution >= 4 is 15.9 Å². The third-order valence-electron chi connectivity index (χ3n) is 3.11. The topological polar surface area (TPSA) is 50.7 Å². The van der Waals surface area contributed by atoms with E-state index in [1.165, 1.54) is 0 Å². The van der Waals surface area contributed by atoms with Gasteiger partial charge >= 0.3 is 0 Å². The highest BCUT2D eigenvalue weighted by Gasteiger charge is 2.16. The van der Waals surface area contributed by atoms with Crippen LogP contribution in [0.3, 0.4) is 0 Å². The van der Waals surface area contributed by atoms with Gasteiger partial charge < -0.3 is 19.9 Å². The lowest BCUT2D eigenvalue weighted by molar-refractivity contribution is 0.159. The number of aliphatic hydroxyl groups excluding tert-OH is 1. The summed E-state index contributed by atoms with van der Waals surface area (Å²) in [5, 5.41) is 12.8. The Morgan fingerprint density at radius 3 is 2.95 bits per heavy atom. The van der Waals surface area contributed by atoms with Gasteiger partial charge in [0.1, 0.15) is 13.2 Å². The van der Waals surface area contributed by atoms with E-state index in [-0.39, 0.29) is 6.10 Å². The lowest BCUT2D eigenvalue weighted by Gasteiger charge is -2.20. The van der Waals surface area contributed by atoms with Crippen LogP contribution in [0.5, 0.6) is 11.5 Å². The van der Waals surface area contributed by atoms with Crippen LogP contribution in [0.25, 0.3) is 0 Å². The van der Waals surface area contributed by atoms with Crippen LogP contribution in [0.15, 0.2) is 16.6 Å². The first kappa shape index (κ1) is 14.6. The van der Waals surface area contributed by atoms with Gasteiger partial charge in [-0.2, -0.15) is 0 Å². The fraction of sp³-hybridized carbons (Fsp3) is 0.571. The molecule has 1 unspecified atom stereocenters. The van der Waals surface area contributed by atoms with Gasteiger partial charge in [-0.05, 0) is 53.0 Å². The number of aliphatic hydroxyl groups is 1. The van der Waals surface area contributed by atoms with Crippen molar-refractivity contribution in [2.24, 2.45) is 0 Å². The third-order valence-corrected chi connectivity index (χ3v) is 3.70.